The Balaban J connectivity index is 2.93. The molecule has 0 atom stereocenters. The van der Waals surface area contributed by atoms with Gasteiger partial charge in [-0.3, -0.25) is 0 Å². The highest BCUT2D eigenvalue weighted by Crippen LogP contribution is 2.28. The van der Waals surface area contributed by atoms with Crippen LogP contribution < -0.4 is 4.74 Å². The SMILES string of the molecule is CCCC(O)(CCC)Cc1cccc(OC)c1F. The van der Waals surface area contributed by atoms with Gasteiger partial charge in [-0.25, -0.2) is 4.39 Å². The van der Waals surface area contributed by atoms with Crippen LogP contribution in [0.3, 0.4) is 0 Å². The Morgan fingerprint density at radius 1 is 1.22 bits per heavy atom. The zero-order valence-corrected chi connectivity index (χ0v) is 11.5. The molecule has 1 aromatic rings. The third-order valence-electron chi connectivity index (χ3n) is 3.21. The number of hydrogen-bond acceptors (Lipinski definition) is 2. The maximum atomic E-state index is 14.0. The zero-order valence-electron chi connectivity index (χ0n) is 11.5. The van der Waals surface area contributed by atoms with Crippen LogP contribution in [0.5, 0.6) is 5.75 Å². The van der Waals surface area contributed by atoms with Gasteiger partial charge in [0.25, 0.3) is 0 Å². The van der Waals surface area contributed by atoms with E-state index < -0.39 is 5.60 Å². The number of benzene rings is 1. The van der Waals surface area contributed by atoms with E-state index in [0.717, 1.165) is 12.8 Å². The lowest BCUT2D eigenvalue weighted by Crippen LogP contribution is -2.31. The highest BCUT2D eigenvalue weighted by molar-refractivity contribution is 5.32. The number of halogens is 1. The van der Waals surface area contributed by atoms with Crippen molar-refractivity contribution in [2.45, 2.75) is 51.6 Å². The van der Waals surface area contributed by atoms with Gasteiger partial charge in [-0.2, -0.15) is 0 Å². The highest BCUT2D eigenvalue weighted by Gasteiger charge is 2.27. The summed E-state index contributed by atoms with van der Waals surface area (Å²) < 4.78 is 19.0. The molecular weight excluding hydrogens is 231 g/mol. The van der Waals surface area contributed by atoms with Gasteiger partial charge >= 0.3 is 0 Å². The summed E-state index contributed by atoms with van der Waals surface area (Å²) in [4.78, 5) is 0. The minimum Gasteiger partial charge on any atom is -0.494 e. The van der Waals surface area contributed by atoms with Gasteiger partial charge in [-0.05, 0) is 24.5 Å². The molecule has 3 heteroatoms. The first-order valence-corrected chi connectivity index (χ1v) is 6.60. The lowest BCUT2D eigenvalue weighted by molar-refractivity contribution is 0.0208. The van der Waals surface area contributed by atoms with Crippen LogP contribution in [-0.4, -0.2) is 17.8 Å². The molecule has 102 valence electrons. The Kier molecular flexibility index (Phi) is 5.60. The number of hydrogen-bond donors (Lipinski definition) is 1. The van der Waals surface area contributed by atoms with E-state index in [4.69, 9.17) is 4.74 Å². The lowest BCUT2D eigenvalue weighted by atomic mass is 9.86. The van der Waals surface area contributed by atoms with Crippen molar-refractivity contribution in [3.05, 3.63) is 29.6 Å². The first kappa shape index (κ1) is 15.0. The van der Waals surface area contributed by atoms with Gasteiger partial charge in [-0.15, -0.1) is 0 Å². The predicted molar refractivity (Wildman–Crippen MR) is 71.4 cm³/mol. The van der Waals surface area contributed by atoms with Gasteiger partial charge in [-0.1, -0.05) is 38.8 Å². The molecule has 0 saturated carbocycles. The van der Waals surface area contributed by atoms with Gasteiger partial charge < -0.3 is 9.84 Å². The maximum Gasteiger partial charge on any atom is 0.168 e. The Hall–Kier alpha value is -1.09. The van der Waals surface area contributed by atoms with E-state index in [0.29, 0.717) is 24.8 Å². The van der Waals surface area contributed by atoms with Crippen LogP contribution in [0.25, 0.3) is 0 Å². The number of aliphatic hydroxyl groups is 1. The second kappa shape index (κ2) is 6.74. The molecule has 1 rings (SSSR count). The van der Waals surface area contributed by atoms with Crippen molar-refractivity contribution in [2.75, 3.05) is 7.11 Å². The minimum atomic E-state index is -0.809. The first-order valence-electron chi connectivity index (χ1n) is 6.60. The molecule has 0 spiro atoms. The molecule has 0 unspecified atom stereocenters. The zero-order chi connectivity index (χ0) is 13.6. The molecule has 0 amide bonds. The normalized spacial score (nSPS) is 11.6. The van der Waals surface area contributed by atoms with E-state index in [-0.39, 0.29) is 11.6 Å². The Morgan fingerprint density at radius 2 is 1.83 bits per heavy atom. The van der Waals surface area contributed by atoms with Crippen molar-refractivity contribution < 1.29 is 14.2 Å². The van der Waals surface area contributed by atoms with Gasteiger partial charge in [0.05, 0.1) is 12.7 Å². The predicted octanol–water partition coefficient (Wildman–Crippen LogP) is 3.71. The topological polar surface area (TPSA) is 29.5 Å². The molecule has 0 aliphatic rings. The summed E-state index contributed by atoms with van der Waals surface area (Å²) in [5.41, 5.74) is -0.282. The summed E-state index contributed by atoms with van der Waals surface area (Å²) in [6.07, 6.45) is 3.51. The second-order valence-corrected chi connectivity index (χ2v) is 4.83. The number of rotatable bonds is 7. The van der Waals surface area contributed by atoms with Crippen LogP contribution in [0, 0.1) is 5.82 Å². The molecule has 1 N–H and O–H groups in total. The average Bonchev–Trinajstić information content (AvgIpc) is 2.32. The average molecular weight is 254 g/mol. The number of methoxy groups -OCH3 is 1. The fourth-order valence-corrected chi connectivity index (χ4v) is 2.44. The van der Waals surface area contributed by atoms with Crippen molar-refractivity contribution in [3.63, 3.8) is 0 Å². The summed E-state index contributed by atoms with van der Waals surface area (Å²) >= 11 is 0. The summed E-state index contributed by atoms with van der Waals surface area (Å²) in [6, 6.07) is 5.07. The van der Waals surface area contributed by atoms with Crippen LogP contribution in [-0.2, 0) is 6.42 Å². The Labute approximate surface area is 109 Å². The van der Waals surface area contributed by atoms with E-state index in [9.17, 15) is 9.50 Å². The third-order valence-corrected chi connectivity index (χ3v) is 3.21. The fourth-order valence-electron chi connectivity index (χ4n) is 2.44. The van der Waals surface area contributed by atoms with Crippen LogP contribution in [0.4, 0.5) is 4.39 Å². The molecular formula is C15H23FO2. The molecule has 0 saturated heterocycles. The largest absolute Gasteiger partial charge is 0.494 e. The van der Waals surface area contributed by atoms with Gasteiger partial charge in [0.2, 0.25) is 0 Å². The van der Waals surface area contributed by atoms with Crippen LogP contribution in [0.1, 0.15) is 45.1 Å². The van der Waals surface area contributed by atoms with Crippen molar-refractivity contribution in [2.24, 2.45) is 0 Å². The van der Waals surface area contributed by atoms with Crippen molar-refractivity contribution in [1.29, 1.82) is 0 Å². The quantitative estimate of drug-likeness (QED) is 0.803. The molecule has 18 heavy (non-hydrogen) atoms. The number of ether oxygens (including phenoxy) is 1. The lowest BCUT2D eigenvalue weighted by Gasteiger charge is -2.28. The minimum absolute atomic E-state index is 0.239. The van der Waals surface area contributed by atoms with Gasteiger partial charge in [0, 0.05) is 6.42 Å². The summed E-state index contributed by atoms with van der Waals surface area (Å²) in [5.74, 6) is -0.117. The third kappa shape index (κ3) is 3.70. The van der Waals surface area contributed by atoms with E-state index in [1.54, 1.807) is 18.2 Å². The first-order chi connectivity index (χ1) is 8.56. The summed E-state index contributed by atoms with van der Waals surface area (Å²) in [6.45, 7) is 4.06. The van der Waals surface area contributed by atoms with Gasteiger partial charge in [0.1, 0.15) is 0 Å². The van der Waals surface area contributed by atoms with E-state index in [2.05, 4.69) is 0 Å². The van der Waals surface area contributed by atoms with E-state index >= 15 is 0 Å². The van der Waals surface area contributed by atoms with Gasteiger partial charge in [0.15, 0.2) is 11.6 Å². The van der Waals surface area contributed by atoms with Crippen LogP contribution in [0.2, 0.25) is 0 Å². The standard InChI is InChI=1S/C15H23FO2/c1-4-9-15(17,10-5-2)11-12-7-6-8-13(18-3)14(12)16/h6-8,17H,4-5,9-11H2,1-3H3. The van der Waals surface area contributed by atoms with E-state index in [1.807, 2.05) is 13.8 Å². The molecule has 0 aliphatic carbocycles. The monoisotopic (exact) mass is 254 g/mol. The maximum absolute atomic E-state index is 14.0. The molecule has 0 bridgehead atoms. The Morgan fingerprint density at radius 3 is 2.33 bits per heavy atom. The summed E-state index contributed by atoms with van der Waals surface area (Å²) in [5, 5.41) is 10.5. The molecule has 2 nitrogen and oxygen atoms in total. The smallest absolute Gasteiger partial charge is 0.168 e. The van der Waals surface area contributed by atoms with Crippen molar-refractivity contribution >= 4 is 0 Å². The van der Waals surface area contributed by atoms with Crippen LogP contribution >= 0.6 is 0 Å². The van der Waals surface area contributed by atoms with Crippen molar-refractivity contribution in [3.8, 4) is 5.75 Å². The van der Waals surface area contributed by atoms with E-state index in [1.165, 1.54) is 7.11 Å². The molecule has 0 heterocycles. The Bertz CT molecular complexity index is 371. The van der Waals surface area contributed by atoms with Crippen LogP contribution in [0.15, 0.2) is 18.2 Å². The molecule has 1 aromatic carbocycles. The molecule has 0 radical (unpaired) electrons. The van der Waals surface area contributed by atoms with Crippen molar-refractivity contribution in [1.82, 2.24) is 0 Å². The molecule has 0 fully saturated rings. The highest BCUT2D eigenvalue weighted by atomic mass is 19.1. The second-order valence-electron chi connectivity index (χ2n) is 4.83. The summed E-state index contributed by atoms with van der Waals surface area (Å²) in [7, 11) is 1.45. The molecule has 0 aromatic heterocycles. The fraction of sp³-hybridized carbons (Fsp3) is 0.600. The molecule has 0 aliphatic heterocycles.